The molecular weight excluding hydrogens is 378 g/mol. The fraction of sp³-hybridized carbons (Fsp3) is 0.773. The summed E-state index contributed by atoms with van der Waals surface area (Å²) in [6.45, 7) is 0. The van der Waals surface area contributed by atoms with Gasteiger partial charge in [-0.1, -0.05) is 12.8 Å². The van der Waals surface area contributed by atoms with Gasteiger partial charge in [0.1, 0.15) is 0 Å². The van der Waals surface area contributed by atoms with E-state index >= 15 is 0 Å². The molecule has 8 heteroatoms. The number of aliphatic hydroxyl groups excluding tert-OH is 1. The second kappa shape index (κ2) is 8.67. The molecule has 164 valence electrons. The van der Waals surface area contributed by atoms with Crippen LogP contribution in [0.1, 0.15) is 83.1 Å². The third kappa shape index (κ3) is 4.25. The number of fused-ring (bicyclic) bond motifs is 1. The maximum atomic E-state index is 9.85. The Hall–Kier alpha value is -1.93. The number of hydrogen-bond donors (Lipinski definition) is 4. The first-order chi connectivity index (χ1) is 14.7. The van der Waals surface area contributed by atoms with Crippen LogP contribution in [0.15, 0.2) is 6.33 Å². The van der Waals surface area contributed by atoms with Gasteiger partial charge in [0.15, 0.2) is 17.0 Å². The summed E-state index contributed by atoms with van der Waals surface area (Å²) in [5.41, 5.74) is 7.88. The molecule has 2 aromatic rings. The normalized spacial score (nSPS) is 30.6. The van der Waals surface area contributed by atoms with Crippen LogP contribution in [0.3, 0.4) is 0 Å². The van der Waals surface area contributed by atoms with E-state index in [1.54, 1.807) is 0 Å². The van der Waals surface area contributed by atoms with Crippen LogP contribution in [0.4, 0.5) is 11.8 Å². The first kappa shape index (κ1) is 20.0. The predicted molar refractivity (Wildman–Crippen MR) is 119 cm³/mol. The van der Waals surface area contributed by atoms with Crippen LogP contribution in [0.5, 0.6) is 0 Å². The first-order valence-electron chi connectivity index (χ1n) is 11.9. The molecule has 3 saturated carbocycles. The predicted octanol–water partition coefficient (Wildman–Crippen LogP) is 3.34. The highest BCUT2D eigenvalue weighted by molar-refractivity contribution is 5.84. The summed E-state index contributed by atoms with van der Waals surface area (Å²) in [6.07, 6.45) is 14.6. The molecule has 3 aliphatic carbocycles. The van der Waals surface area contributed by atoms with E-state index in [0.29, 0.717) is 30.1 Å². The molecule has 0 amide bonds. The highest BCUT2D eigenvalue weighted by atomic mass is 16.3. The quantitative estimate of drug-likeness (QED) is 0.594. The number of anilines is 2. The number of aromatic nitrogens is 4. The molecule has 8 nitrogen and oxygen atoms in total. The summed E-state index contributed by atoms with van der Waals surface area (Å²) >= 11 is 0. The fourth-order valence-electron chi connectivity index (χ4n) is 5.39. The number of aliphatic hydroxyl groups is 1. The molecule has 0 atom stereocenters. The number of hydrogen-bond acceptors (Lipinski definition) is 7. The van der Waals surface area contributed by atoms with Crippen LogP contribution in [0.2, 0.25) is 0 Å². The van der Waals surface area contributed by atoms with Crippen molar-refractivity contribution in [1.29, 1.82) is 0 Å². The lowest BCUT2D eigenvalue weighted by atomic mass is 9.92. The second-order valence-corrected chi connectivity index (χ2v) is 9.56. The van der Waals surface area contributed by atoms with Gasteiger partial charge in [-0.25, -0.2) is 4.98 Å². The lowest BCUT2D eigenvalue weighted by Crippen LogP contribution is -2.33. The molecule has 0 spiro atoms. The molecule has 0 aromatic carbocycles. The highest BCUT2D eigenvalue weighted by Crippen LogP contribution is 2.34. The van der Waals surface area contributed by atoms with E-state index in [2.05, 4.69) is 15.2 Å². The molecule has 0 bridgehead atoms. The monoisotopic (exact) mass is 413 g/mol. The molecule has 0 unspecified atom stereocenters. The third-order valence-corrected chi connectivity index (χ3v) is 7.28. The van der Waals surface area contributed by atoms with Gasteiger partial charge in [-0.15, -0.1) is 0 Å². The highest BCUT2D eigenvalue weighted by Gasteiger charge is 2.26. The Labute approximate surface area is 178 Å². The average Bonchev–Trinajstić information content (AvgIpc) is 3.41. The molecule has 3 aliphatic rings. The zero-order valence-corrected chi connectivity index (χ0v) is 17.8. The molecule has 5 rings (SSSR count). The van der Waals surface area contributed by atoms with Crippen molar-refractivity contribution in [2.75, 3.05) is 10.6 Å². The van der Waals surface area contributed by atoms with E-state index in [9.17, 15) is 5.11 Å². The van der Waals surface area contributed by atoms with Gasteiger partial charge in [0.2, 0.25) is 5.95 Å². The lowest BCUT2D eigenvalue weighted by Gasteiger charge is -2.28. The van der Waals surface area contributed by atoms with Crippen LogP contribution in [0, 0.1) is 0 Å². The van der Waals surface area contributed by atoms with Crippen molar-refractivity contribution in [3.8, 4) is 0 Å². The van der Waals surface area contributed by atoms with Gasteiger partial charge < -0.3 is 26.0 Å². The van der Waals surface area contributed by atoms with Gasteiger partial charge in [0.25, 0.3) is 0 Å². The SMILES string of the molecule is N[C@H]1CC[C@H](Nc2nc(N[C@H]3CC[C@@H](O)CC3)c3ncn(C4CCCC4)c3n2)CC1. The summed E-state index contributed by atoms with van der Waals surface area (Å²) in [7, 11) is 0. The van der Waals surface area contributed by atoms with Crippen LogP contribution in [0.25, 0.3) is 11.2 Å². The summed E-state index contributed by atoms with van der Waals surface area (Å²) in [4.78, 5) is 14.5. The Balaban J connectivity index is 1.43. The Bertz CT molecular complexity index is 847. The van der Waals surface area contributed by atoms with E-state index in [1.807, 2.05) is 6.33 Å². The zero-order chi connectivity index (χ0) is 20.5. The number of imidazole rings is 1. The van der Waals surface area contributed by atoms with E-state index in [4.69, 9.17) is 20.7 Å². The Kier molecular flexibility index (Phi) is 5.78. The van der Waals surface area contributed by atoms with Crippen LogP contribution in [-0.2, 0) is 0 Å². The van der Waals surface area contributed by atoms with Crippen molar-refractivity contribution in [1.82, 2.24) is 19.5 Å². The Morgan fingerprint density at radius 2 is 1.53 bits per heavy atom. The number of nitrogens with two attached hydrogens (primary N) is 1. The number of rotatable bonds is 5. The summed E-state index contributed by atoms with van der Waals surface area (Å²) in [5.74, 6) is 1.52. The summed E-state index contributed by atoms with van der Waals surface area (Å²) in [5, 5.41) is 17.1. The van der Waals surface area contributed by atoms with Crippen molar-refractivity contribution >= 4 is 22.9 Å². The molecule has 0 radical (unpaired) electrons. The molecular formula is C22H35N7O. The summed E-state index contributed by atoms with van der Waals surface area (Å²) in [6, 6.07) is 1.52. The Morgan fingerprint density at radius 3 is 2.27 bits per heavy atom. The van der Waals surface area contributed by atoms with Crippen LogP contribution < -0.4 is 16.4 Å². The van der Waals surface area contributed by atoms with Crippen molar-refractivity contribution in [3.05, 3.63) is 6.33 Å². The number of nitrogens with one attached hydrogen (secondary N) is 2. The van der Waals surface area contributed by atoms with E-state index < -0.39 is 0 Å². The molecule has 0 saturated heterocycles. The van der Waals surface area contributed by atoms with E-state index in [0.717, 1.165) is 68.3 Å². The van der Waals surface area contributed by atoms with Crippen molar-refractivity contribution < 1.29 is 5.11 Å². The largest absolute Gasteiger partial charge is 0.393 e. The van der Waals surface area contributed by atoms with Crippen LogP contribution in [-0.4, -0.2) is 48.9 Å². The standard InChI is InChI=1S/C22H35N7O/c23-14-5-7-16(8-6-14)26-22-27-20(25-15-9-11-18(30)12-10-15)19-21(28-22)29(13-24-19)17-3-1-2-4-17/h13-18,30H,1-12,23H2,(H2,25,26,27,28)/t14-,15-,16-,18+. The van der Waals surface area contributed by atoms with E-state index in [1.165, 1.54) is 25.7 Å². The smallest absolute Gasteiger partial charge is 0.227 e. The zero-order valence-electron chi connectivity index (χ0n) is 17.8. The van der Waals surface area contributed by atoms with E-state index in [-0.39, 0.29) is 6.10 Å². The molecule has 0 aliphatic heterocycles. The molecule has 2 aromatic heterocycles. The van der Waals surface area contributed by atoms with Crippen LogP contribution >= 0.6 is 0 Å². The lowest BCUT2D eigenvalue weighted by molar-refractivity contribution is 0.126. The molecule has 3 fully saturated rings. The fourth-order valence-corrected chi connectivity index (χ4v) is 5.39. The average molecular weight is 414 g/mol. The van der Waals surface area contributed by atoms with Gasteiger partial charge in [-0.05, 0) is 64.2 Å². The minimum atomic E-state index is -0.162. The van der Waals surface area contributed by atoms with Gasteiger partial charge in [0.05, 0.1) is 12.4 Å². The first-order valence-corrected chi connectivity index (χ1v) is 11.9. The van der Waals surface area contributed by atoms with Gasteiger partial charge in [-0.3, -0.25) is 0 Å². The van der Waals surface area contributed by atoms with Gasteiger partial charge >= 0.3 is 0 Å². The topological polar surface area (TPSA) is 114 Å². The minimum Gasteiger partial charge on any atom is -0.393 e. The summed E-state index contributed by atoms with van der Waals surface area (Å²) < 4.78 is 2.27. The molecule has 2 heterocycles. The van der Waals surface area contributed by atoms with Crippen molar-refractivity contribution in [3.63, 3.8) is 0 Å². The second-order valence-electron chi connectivity index (χ2n) is 9.56. The maximum Gasteiger partial charge on any atom is 0.227 e. The van der Waals surface area contributed by atoms with Gasteiger partial charge in [-0.2, -0.15) is 9.97 Å². The van der Waals surface area contributed by atoms with Gasteiger partial charge in [0, 0.05) is 24.2 Å². The minimum absolute atomic E-state index is 0.162. The van der Waals surface area contributed by atoms with Crippen molar-refractivity contribution in [2.24, 2.45) is 5.73 Å². The number of nitrogens with zero attached hydrogens (tertiary/aromatic N) is 4. The molecule has 30 heavy (non-hydrogen) atoms. The third-order valence-electron chi connectivity index (χ3n) is 7.28. The van der Waals surface area contributed by atoms with Crippen molar-refractivity contribution in [2.45, 2.75) is 107 Å². The molecule has 5 N–H and O–H groups in total. The Morgan fingerprint density at radius 1 is 0.867 bits per heavy atom. The maximum absolute atomic E-state index is 9.85.